The van der Waals surface area contributed by atoms with E-state index >= 15 is 0 Å². The Morgan fingerprint density at radius 2 is 1.93 bits per heavy atom. The third-order valence-electron chi connectivity index (χ3n) is 3.69. The lowest BCUT2D eigenvalue weighted by Crippen LogP contribution is -2.36. The molecule has 0 atom stereocenters. The highest BCUT2D eigenvalue weighted by atomic mass is 15.0. The minimum Gasteiger partial charge on any atom is -0.309 e. The van der Waals surface area contributed by atoms with Crippen LogP contribution >= 0.6 is 0 Å². The van der Waals surface area contributed by atoms with Crippen molar-refractivity contribution in [2.45, 2.75) is 52.4 Å². The number of hydrogen-bond acceptors (Lipinski definition) is 1. The molecule has 1 nitrogen and oxygen atoms in total. The van der Waals surface area contributed by atoms with Gasteiger partial charge in [-0.1, -0.05) is 33.1 Å². The highest BCUT2D eigenvalue weighted by Gasteiger charge is 2.38. The van der Waals surface area contributed by atoms with Crippen LogP contribution in [0.3, 0.4) is 0 Å². The first-order valence-electron chi connectivity index (χ1n) is 6.20. The first-order chi connectivity index (χ1) is 6.56. The van der Waals surface area contributed by atoms with Crippen LogP contribution in [0.1, 0.15) is 52.4 Å². The maximum atomic E-state index is 2.47. The third kappa shape index (κ3) is 3.61. The molecule has 1 saturated carbocycles. The monoisotopic (exact) mass is 197 g/mol. The number of hydrogen-bond donors (Lipinski definition) is 0. The summed E-state index contributed by atoms with van der Waals surface area (Å²) in [7, 11) is 4.35. The van der Waals surface area contributed by atoms with Crippen LogP contribution in [0.5, 0.6) is 0 Å². The lowest BCUT2D eigenvalue weighted by atomic mass is 9.60. The summed E-state index contributed by atoms with van der Waals surface area (Å²) in [6, 6.07) is 0. The summed E-state index contributed by atoms with van der Waals surface area (Å²) in [5.41, 5.74) is 0.683. The van der Waals surface area contributed by atoms with E-state index in [1.165, 1.54) is 45.1 Å². The molecule has 0 heterocycles. The molecule has 0 spiro atoms. The summed E-state index contributed by atoms with van der Waals surface area (Å²) in [6.45, 7) is 6.03. The Kier molecular flexibility index (Phi) is 4.43. The highest BCUT2D eigenvalue weighted by molar-refractivity contribution is 4.90. The molecule has 0 aromatic carbocycles. The number of rotatable bonds is 6. The summed E-state index contributed by atoms with van der Waals surface area (Å²) in [5, 5.41) is 0. The molecule has 0 unspecified atom stereocenters. The van der Waals surface area contributed by atoms with Gasteiger partial charge in [0.25, 0.3) is 0 Å². The Hall–Kier alpha value is -0.0400. The van der Waals surface area contributed by atoms with Crippen molar-refractivity contribution in [1.82, 2.24) is 4.90 Å². The van der Waals surface area contributed by atoms with Crippen LogP contribution in [-0.2, 0) is 0 Å². The van der Waals surface area contributed by atoms with Gasteiger partial charge in [-0.15, -0.1) is 0 Å². The lowest BCUT2D eigenvalue weighted by molar-refractivity contribution is 0.0508. The Bertz CT molecular complexity index is 157. The predicted molar refractivity (Wildman–Crippen MR) is 63.5 cm³/mol. The van der Waals surface area contributed by atoms with E-state index in [1.807, 2.05) is 0 Å². The van der Waals surface area contributed by atoms with Crippen LogP contribution in [0.4, 0.5) is 0 Å². The van der Waals surface area contributed by atoms with Crippen molar-refractivity contribution in [3.63, 3.8) is 0 Å². The molecule has 0 bridgehead atoms. The van der Waals surface area contributed by atoms with E-state index in [2.05, 4.69) is 32.8 Å². The van der Waals surface area contributed by atoms with E-state index in [0.717, 1.165) is 5.92 Å². The van der Waals surface area contributed by atoms with Gasteiger partial charge in [0.05, 0.1) is 0 Å². The number of nitrogens with zero attached hydrogens (tertiary/aromatic N) is 1. The van der Waals surface area contributed by atoms with Gasteiger partial charge in [0.2, 0.25) is 0 Å². The molecule has 0 aromatic heterocycles. The molecule has 1 rings (SSSR count). The van der Waals surface area contributed by atoms with Crippen molar-refractivity contribution in [2.75, 3.05) is 20.6 Å². The molecule has 1 heteroatoms. The van der Waals surface area contributed by atoms with Crippen molar-refractivity contribution < 1.29 is 0 Å². The zero-order valence-electron chi connectivity index (χ0n) is 10.5. The number of unbranched alkanes of at least 4 members (excludes halogenated alkanes) is 1. The average Bonchev–Trinajstić information content (AvgIpc) is 2.07. The largest absolute Gasteiger partial charge is 0.309 e. The molecule has 0 aromatic rings. The van der Waals surface area contributed by atoms with Crippen LogP contribution < -0.4 is 0 Å². The normalized spacial score (nSPS) is 31.9. The van der Waals surface area contributed by atoms with Crippen molar-refractivity contribution in [2.24, 2.45) is 11.3 Å². The fraction of sp³-hybridized carbons (Fsp3) is 1.00. The fourth-order valence-corrected chi connectivity index (χ4v) is 2.73. The van der Waals surface area contributed by atoms with E-state index in [1.54, 1.807) is 0 Å². The standard InChI is InChI=1S/C13H27N/c1-5-6-7-12-10-13(2,11-12)8-9-14(3)4/h12H,5-11H2,1-4H3. The average molecular weight is 197 g/mol. The molecule has 0 saturated heterocycles. The van der Waals surface area contributed by atoms with Crippen LogP contribution in [0.2, 0.25) is 0 Å². The van der Waals surface area contributed by atoms with Gasteiger partial charge in [0, 0.05) is 0 Å². The van der Waals surface area contributed by atoms with Crippen LogP contribution in [0, 0.1) is 11.3 Å². The molecule has 1 fully saturated rings. The molecule has 0 radical (unpaired) electrons. The van der Waals surface area contributed by atoms with E-state index < -0.39 is 0 Å². The summed E-state index contributed by atoms with van der Waals surface area (Å²) in [5.74, 6) is 1.06. The molecule has 0 N–H and O–H groups in total. The molecular weight excluding hydrogens is 170 g/mol. The van der Waals surface area contributed by atoms with E-state index in [4.69, 9.17) is 0 Å². The Morgan fingerprint density at radius 3 is 2.43 bits per heavy atom. The summed E-state index contributed by atoms with van der Waals surface area (Å²) < 4.78 is 0. The zero-order valence-corrected chi connectivity index (χ0v) is 10.5. The van der Waals surface area contributed by atoms with Crippen molar-refractivity contribution >= 4 is 0 Å². The van der Waals surface area contributed by atoms with Crippen LogP contribution in [-0.4, -0.2) is 25.5 Å². The van der Waals surface area contributed by atoms with Gasteiger partial charge in [-0.2, -0.15) is 0 Å². The predicted octanol–water partition coefficient (Wildman–Crippen LogP) is 3.54. The van der Waals surface area contributed by atoms with Gasteiger partial charge in [-0.25, -0.2) is 0 Å². The van der Waals surface area contributed by atoms with Crippen molar-refractivity contribution in [3.05, 3.63) is 0 Å². The maximum absolute atomic E-state index is 2.47. The van der Waals surface area contributed by atoms with Gasteiger partial charge in [0.1, 0.15) is 0 Å². The second-order valence-electron chi connectivity index (χ2n) is 5.78. The molecule has 84 valence electrons. The van der Waals surface area contributed by atoms with Gasteiger partial charge in [-0.05, 0) is 51.2 Å². The molecule has 1 aliphatic rings. The van der Waals surface area contributed by atoms with Gasteiger partial charge < -0.3 is 4.90 Å². The Balaban J connectivity index is 2.10. The van der Waals surface area contributed by atoms with E-state index in [0.29, 0.717) is 5.41 Å². The van der Waals surface area contributed by atoms with Gasteiger partial charge in [0.15, 0.2) is 0 Å². The van der Waals surface area contributed by atoms with Crippen LogP contribution in [0.15, 0.2) is 0 Å². The molecular formula is C13H27N. The first kappa shape index (κ1) is 12.0. The lowest BCUT2D eigenvalue weighted by Gasteiger charge is -2.46. The van der Waals surface area contributed by atoms with E-state index in [-0.39, 0.29) is 0 Å². The summed E-state index contributed by atoms with van der Waals surface area (Å²) in [4.78, 5) is 2.31. The van der Waals surface area contributed by atoms with Gasteiger partial charge in [-0.3, -0.25) is 0 Å². The maximum Gasteiger partial charge on any atom is -0.00196 e. The quantitative estimate of drug-likeness (QED) is 0.629. The summed E-state index contributed by atoms with van der Waals surface area (Å²) in [6.07, 6.45) is 8.65. The molecule has 0 aliphatic heterocycles. The third-order valence-corrected chi connectivity index (χ3v) is 3.69. The van der Waals surface area contributed by atoms with Crippen LogP contribution in [0.25, 0.3) is 0 Å². The molecule has 1 aliphatic carbocycles. The van der Waals surface area contributed by atoms with E-state index in [9.17, 15) is 0 Å². The Morgan fingerprint density at radius 1 is 1.29 bits per heavy atom. The second kappa shape index (κ2) is 5.16. The SMILES string of the molecule is CCCCC1CC(C)(CCN(C)C)C1. The fourth-order valence-electron chi connectivity index (χ4n) is 2.73. The van der Waals surface area contributed by atoms with Crippen molar-refractivity contribution in [1.29, 1.82) is 0 Å². The van der Waals surface area contributed by atoms with Crippen molar-refractivity contribution in [3.8, 4) is 0 Å². The Labute approximate surface area is 89.9 Å². The first-order valence-corrected chi connectivity index (χ1v) is 6.20. The summed E-state index contributed by atoms with van der Waals surface area (Å²) >= 11 is 0. The van der Waals surface area contributed by atoms with Gasteiger partial charge >= 0.3 is 0 Å². The molecule has 0 amide bonds. The topological polar surface area (TPSA) is 3.24 Å². The zero-order chi connectivity index (χ0) is 10.6. The smallest absolute Gasteiger partial charge is 0.00196 e. The minimum absolute atomic E-state index is 0.683. The second-order valence-corrected chi connectivity index (χ2v) is 5.78. The minimum atomic E-state index is 0.683. The molecule has 14 heavy (non-hydrogen) atoms. The highest BCUT2D eigenvalue weighted by Crippen LogP contribution is 2.49.